The van der Waals surface area contributed by atoms with E-state index in [2.05, 4.69) is 41.5 Å². The van der Waals surface area contributed by atoms with Crippen LogP contribution in [-0.4, -0.2) is 21.5 Å². The summed E-state index contributed by atoms with van der Waals surface area (Å²) in [6, 6.07) is 0. The lowest BCUT2D eigenvalue weighted by atomic mass is 9.86. The molecule has 0 aromatic heterocycles. The minimum absolute atomic E-state index is 0.211. The molecule has 4 fully saturated rings. The Balaban J connectivity index is 1.85. The fourth-order valence-electron chi connectivity index (χ4n) is 5.70. The molecule has 0 aromatic rings. The fraction of sp³-hybridized carbons (Fsp3) is 0.938. The Hall–Kier alpha value is 0.600. The zero-order valence-corrected chi connectivity index (χ0v) is 14.4. The van der Waals surface area contributed by atoms with E-state index in [0.717, 1.165) is 28.3 Å². The molecule has 0 amide bonds. The van der Waals surface area contributed by atoms with Gasteiger partial charge in [0, 0.05) is 10.8 Å². The van der Waals surface area contributed by atoms with Crippen LogP contribution in [0.15, 0.2) is 0 Å². The highest BCUT2D eigenvalue weighted by Crippen LogP contribution is 2.94. The van der Waals surface area contributed by atoms with Gasteiger partial charge in [0.15, 0.2) is 0 Å². The lowest BCUT2D eigenvalue weighted by Crippen LogP contribution is -2.36. The first-order chi connectivity index (χ1) is 8.20. The molecule has 2 heteroatoms. The molecule has 3 aliphatic heterocycles. The average Bonchev–Trinajstić information content (AvgIpc) is 2.71. The molecule has 0 radical (unpaired) electrons. The highest BCUT2D eigenvalue weighted by atomic mass is 31.1. The summed E-state index contributed by atoms with van der Waals surface area (Å²) in [4.78, 5) is 0. The van der Waals surface area contributed by atoms with Crippen LogP contribution >= 0.6 is 16.1 Å². The summed E-state index contributed by atoms with van der Waals surface area (Å²) < 4.78 is 0. The first kappa shape index (κ1) is 12.3. The van der Waals surface area contributed by atoms with Gasteiger partial charge in [0.1, 0.15) is 0 Å². The van der Waals surface area contributed by atoms with E-state index in [-0.39, 0.29) is 7.92 Å². The lowest BCUT2D eigenvalue weighted by molar-refractivity contribution is 0.344. The van der Waals surface area contributed by atoms with Gasteiger partial charge >= 0.3 is 0 Å². The molecule has 6 atom stereocenters. The molecule has 100 valence electrons. The SMILES string of the molecule is CC(C)(C)C1=PC2C3CCC4C2C4(C(C)(C)C)P13. The van der Waals surface area contributed by atoms with Crippen molar-refractivity contribution in [1.29, 1.82) is 0 Å². The van der Waals surface area contributed by atoms with Crippen molar-refractivity contribution in [2.75, 3.05) is 0 Å². The number of rotatable bonds is 0. The van der Waals surface area contributed by atoms with Gasteiger partial charge in [0.05, 0.1) is 0 Å². The van der Waals surface area contributed by atoms with Crippen molar-refractivity contribution in [2.24, 2.45) is 22.7 Å². The van der Waals surface area contributed by atoms with E-state index in [9.17, 15) is 0 Å². The molecule has 6 bridgehead atoms. The largest absolute Gasteiger partial charge is 0.0955 e. The average molecular weight is 280 g/mol. The molecule has 5 aliphatic rings. The van der Waals surface area contributed by atoms with Gasteiger partial charge in [-0.1, -0.05) is 57.7 Å². The summed E-state index contributed by atoms with van der Waals surface area (Å²) in [7, 11) is 2.00. The van der Waals surface area contributed by atoms with E-state index in [1.807, 2.05) is 5.03 Å². The van der Waals surface area contributed by atoms with Gasteiger partial charge in [0.25, 0.3) is 0 Å². The van der Waals surface area contributed by atoms with Crippen LogP contribution in [0, 0.1) is 22.7 Å². The van der Waals surface area contributed by atoms with E-state index in [1.54, 1.807) is 21.0 Å². The maximum atomic E-state index is 2.54. The van der Waals surface area contributed by atoms with Gasteiger partial charge in [-0.25, -0.2) is 0 Å². The van der Waals surface area contributed by atoms with Crippen LogP contribution < -0.4 is 0 Å². The number of hydrogen-bond acceptors (Lipinski definition) is 0. The van der Waals surface area contributed by atoms with Crippen LogP contribution in [0.1, 0.15) is 54.4 Å². The number of hydrogen-bond donors (Lipinski definition) is 0. The summed E-state index contributed by atoms with van der Waals surface area (Å²) in [6.45, 7) is 15.0. The third-order valence-electron chi connectivity index (χ3n) is 6.04. The van der Waals surface area contributed by atoms with Crippen LogP contribution in [0.25, 0.3) is 0 Å². The predicted molar refractivity (Wildman–Crippen MR) is 84.3 cm³/mol. The van der Waals surface area contributed by atoms with E-state index in [4.69, 9.17) is 0 Å². The Labute approximate surface area is 115 Å². The summed E-state index contributed by atoms with van der Waals surface area (Å²) in [5.41, 5.74) is 3.23. The molecule has 6 unspecified atom stereocenters. The van der Waals surface area contributed by atoms with Gasteiger partial charge < -0.3 is 0 Å². The van der Waals surface area contributed by atoms with Crippen molar-refractivity contribution in [3.05, 3.63) is 0 Å². The van der Waals surface area contributed by atoms with E-state index >= 15 is 0 Å². The highest BCUT2D eigenvalue weighted by Gasteiger charge is 2.84. The van der Waals surface area contributed by atoms with E-state index in [1.165, 1.54) is 0 Å². The first-order valence-electron chi connectivity index (χ1n) is 7.58. The monoisotopic (exact) mass is 280 g/mol. The van der Waals surface area contributed by atoms with Gasteiger partial charge in [0.2, 0.25) is 0 Å². The summed E-state index contributed by atoms with van der Waals surface area (Å²) in [5, 5.41) is 2.77. The quantitative estimate of drug-likeness (QED) is 0.536. The maximum Gasteiger partial charge on any atom is 0.0123 e. The van der Waals surface area contributed by atoms with Crippen LogP contribution in [-0.2, 0) is 0 Å². The molecule has 0 spiro atoms. The summed E-state index contributed by atoms with van der Waals surface area (Å²) >= 11 is 0. The van der Waals surface area contributed by atoms with Crippen LogP contribution in [0.4, 0.5) is 0 Å². The molecular formula is C16H26P2. The molecule has 3 heterocycles. The van der Waals surface area contributed by atoms with Crippen molar-refractivity contribution in [3.8, 4) is 0 Å². The lowest BCUT2D eigenvalue weighted by Gasteiger charge is -2.45. The second kappa shape index (κ2) is 3.09. The second-order valence-electron chi connectivity index (χ2n) is 8.92. The molecule has 2 saturated heterocycles. The number of fused-ring (bicyclic) bond motifs is 1. The Morgan fingerprint density at radius 3 is 2.28 bits per heavy atom. The third-order valence-corrected chi connectivity index (χ3v) is 13.6. The van der Waals surface area contributed by atoms with Crippen molar-refractivity contribution >= 4 is 21.2 Å². The molecule has 0 N–H and O–H groups in total. The molecule has 2 saturated carbocycles. The Morgan fingerprint density at radius 2 is 1.78 bits per heavy atom. The van der Waals surface area contributed by atoms with Crippen molar-refractivity contribution in [3.63, 3.8) is 0 Å². The van der Waals surface area contributed by atoms with Crippen molar-refractivity contribution < 1.29 is 0 Å². The zero-order valence-electron chi connectivity index (χ0n) is 12.6. The minimum Gasteiger partial charge on any atom is -0.0955 e. The van der Waals surface area contributed by atoms with Crippen LogP contribution in [0.3, 0.4) is 0 Å². The van der Waals surface area contributed by atoms with Gasteiger partial charge in [-0.3, -0.25) is 0 Å². The normalized spacial score (nSPS) is 53.4. The molecule has 0 aromatic carbocycles. The highest BCUT2D eigenvalue weighted by molar-refractivity contribution is 7.90. The van der Waals surface area contributed by atoms with Gasteiger partial charge in [-0.05, 0) is 46.2 Å². The molecule has 0 nitrogen and oxygen atoms in total. The summed E-state index contributed by atoms with van der Waals surface area (Å²) in [6.07, 6.45) is 3.14. The second-order valence-corrected chi connectivity index (χ2v) is 13.2. The van der Waals surface area contributed by atoms with Crippen molar-refractivity contribution in [2.45, 2.75) is 70.9 Å². The maximum absolute atomic E-state index is 2.54. The molecule has 18 heavy (non-hydrogen) atoms. The Bertz CT molecular complexity index is 451. The molecule has 5 rings (SSSR count). The Morgan fingerprint density at radius 1 is 1.11 bits per heavy atom. The third kappa shape index (κ3) is 1.10. The first-order valence-corrected chi connectivity index (χ1v) is 9.96. The van der Waals surface area contributed by atoms with Crippen LogP contribution in [0.2, 0.25) is 0 Å². The van der Waals surface area contributed by atoms with E-state index in [0.29, 0.717) is 10.8 Å². The fourth-order valence-corrected chi connectivity index (χ4v) is 14.6. The minimum atomic E-state index is 0.211. The van der Waals surface area contributed by atoms with E-state index < -0.39 is 0 Å². The smallest absolute Gasteiger partial charge is 0.0123 e. The van der Waals surface area contributed by atoms with Gasteiger partial charge in [-0.2, -0.15) is 0 Å². The van der Waals surface area contributed by atoms with Gasteiger partial charge in [-0.15, -0.1) is 0 Å². The topological polar surface area (TPSA) is 0 Å². The zero-order chi connectivity index (χ0) is 13.1. The van der Waals surface area contributed by atoms with Crippen LogP contribution in [0.5, 0.6) is 0 Å². The predicted octanol–water partition coefficient (Wildman–Crippen LogP) is 5.18. The summed E-state index contributed by atoms with van der Waals surface area (Å²) in [5.74, 6) is 2.25. The van der Waals surface area contributed by atoms with Crippen molar-refractivity contribution in [1.82, 2.24) is 0 Å². The molecule has 2 aliphatic carbocycles. The molecular weight excluding hydrogens is 254 g/mol. The standard InChI is InChI=1S/C16H26P2/c1-14(2,3)13-17-12-10-8-7-9-11(12)16(9,18(10)13)15(4,5)6/h9-12H,7-8H2,1-6H3. The Kier molecular flexibility index (Phi) is 2.12.